The van der Waals surface area contributed by atoms with Gasteiger partial charge in [-0.3, -0.25) is 4.79 Å². The highest BCUT2D eigenvalue weighted by Gasteiger charge is 2.19. The first-order chi connectivity index (χ1) is 8.61. The molecular formula is C13H16N4O. The predicted octanol–water partition coefficient (Wildman–Crippen LogP) is 0.809. The third kappa shape index (κ3) is 2.38. The third-order valence-electron chi connectivity index (χ3n) is 3.25. The number of piperazine rings is 1. The topological polar surface area (TPSA) is 73.4 Å². The van der Waals surface area contributed by atoms with E-state index in [2.05, 4.69) is 11.0 Å². The standard InChI is InChI=1S/C13H16N4O/c1-10(18)16-4-6-17(7-5-16)12-2-3-13(15)11(8-12)9-14/h2-3,8H,4-7,15H2,1H3. The molecule has 0 aromatic heterocycles. The fourth-order valence-electron chi connectivity index (χ4n) is 2.12. The Balaban J connectivity index is 2.10. The van der Waals surface area contributed by atoms with Gasteiger partial charge in [0.1, 0.15) is 6.07 Å². The van der Waals surface area contributed by atoms with Crippen molar-refractivity contribution >= 4 is 17.3 Å². The van der Waals surface area contributed by atoms with Crippen molar-refractivity contribution in [2.75, 3.05) is 36.8 Å². The maximum Gasteiger partial charge on any atom is 0.219 e. The van der Waals surface area contributed by atoms with E-state index in [-0.39, 0.29) is 5.91 Å². The summed E-state index contributed by atoms with van der Waals surface area (Å²) in [5, 5.41) is 8.95. The van der Waals surface area contributed by atoms with Crippen molar-refractivity contribution in [2.24, 2.45) is 0 Å². The van der Waals surface area contributed by atoms with Crippen LogP contribution in [0.15, 0.2) is 18.2 Å². The molecule has 5 heteroatoms. The number of carbonyl (C=O) groups is 1. The molecule has 0 radical (unpaired) electrons. The number of carbonyl (C=O) groups excluding carboxylic acids is 1. The van der Waals surface area contributed by atoms with E-state index in [1.165, 1.54) is 0 Å². The molecule has 0 unspecified atom stereocenters. The molecule has 1 aromatic rings. The Hall–Kier alpha value is -2.22. The fraction of sp³-hybridized carbons (Fsp3) is 0.385. The summed E-state index contributed by atoms with van der Waals surface area (Å²) >= 11 is 0. The normalized spacial score (nSPS) is 15.3. The van der Waals surface area contributed by atoms with Gasteiger partial charge in [0, 0.05) is 44.5 Å². The molecule has 94 valence electrons. The number of nitriles is 1. The molecule has 1 amide bonds. The maximum absolute atomic E-state index is 11.2. The number of amides is 1. The second-order valence-corrected chi connectivity index (χ2v) is 4.38. The van der Waals surface area contributed by atoms with Crippen molar-refractivity contribution in [2.45, 2.75) is 6.92 Å². The van der Waals surface area contributed by atoms with Crippen molar-refractivity contribution in [1.29, 1.82) is 5.26 Å². The highest BCUT2D eigenvalue weighted by molar-refractivity contribution is 5.73. The largest absolute Gasteiger partial charge is 0.398 e. The van der Waals surface area contributed by atoms with Gasteiger partial charge in [0.05, 0.1) is 5.56 Å². The zero-order chi connectivity index (χ0) is 13.1. The summed E-state index contributed by atoms with van der Waals surface area (Å²) in [6, 6.07) is 7.56. The van der Waals surface area contributed by atoms with E-state index in [1.807, 2.05) is 11.0 Å². The van der Waals surface area contributed by atoms with Gasteiger partial charge in [0.2, 0.25) is 5.91 Å². The molecule has 0 saturated carbocycles. The summed E-state index contributed by atoms with van der Waals surface area (Å²) in [5.74, 6) is 0.115. The van der Waals surface area contributed by atoms with Crippen LogP contribution in [-0.2, 0) is 4.79 Å². The Morgan fingerprint density at radius 3 is 2.56 bits per heavy atom. The lowest BCUT2D eigenvalue weighted by molar-refractivity contribution is -0.129. The van der Waals surface area contributed by atoms with E-state index in [1.54, 1.807) is 19.1 Å². The van der Waals surface area contributed by atoms with Crippen LogP contribution in [0.5, 0.6) is 0 Å². The lowest BCUT2D eigenvalue weighted by atomic mass is 10.1. The van der Waals surface area contributed by atoms with Gasteiger partial charge in [-0.15, -0.1) is 0 Å². The molecule has 5 nitrogen and oxygen atoms in total. The lowest BCUT2D eigenvalue weighted by Crippen LogP contribution is -2.48. The third-order valence-corrected chi connectivity index (χ3v) is 3.25. The SMILES string of the molecule is CC(=O)N1CCN(c2ccc(N)c(C#N)c2)CC1. The number of nitrogen functional groups attached to an aromatic ring is 1. The minimum Gasteiger partial charge on any atom is -0.398 e. The summed E-state index contributed by atoms with van der Waals surface area (Å²) in [6.07, 6.45) is 0. The Kier molecular flexibility index (Phi) is 3.38. The highest BCUT2D eigenvalue weighted by atomic mass is 16.2. The predicted molar refractivity (Wildman–Crippen MR) is 70.0 cm³/mol. The van der Waals surface area contributed by atoms with E-state index in [0.717, 1.165) is 31.9 Å². The lowest BCUT2D eigenvalue weighted by Gasteiger charge is -2.35. The highest BCUT2D eigenvalue weighted by Crippen LogP contribution is 2.21. The minimum atomic E-state index is 0.115. The molecule has 2 N–H and O–H groups in total. The Bertz CT molecular complexity index is 498. The molecule has 1 aromatic carbocycles. The number of rotatable bonds is 1. The van der Waals surface area contributed by atoms with Gasteiger partial charge in [-0.2, -0.15) is 5.26 Å². The zero-order valence-electron chi connectivity index (χ0n) is 10.4. The Labute approximate surface area is 106 Å². The van der Waals surface area contributed by atoms with Gasteiger partial charge in [0.15, 0.2) is 0 Å². The van der Waals surface area contributed by atoms with Gasteiger partial charge in [-0.25, -0.2) is 0 Å². The second kappa shape index (κ2) is 4.96. The van der Waals surface area contributed by atoms with Crippen molar-refractivity contribution in [1.82, 2.24) is 4.90 Å². The summed E-state index contributed by atoms with van der Waals surface area (Å²) in [6.45, 7) is 4.61. The van der Waals surface area contributed by atoms with Crippen molar-refractivity contribution in [3.05, 3.63) is 23.8 Å². The first kappa shape index (κ1) is 12.2. The van der Waals surface area contributed by atoms with Crippen LogP contribution < -0.4 is 10.6 Å². The van der Waals surface area contributed by atoms with Crippen LogP contribution >= 0.6 is 0 Å². The van der Waals surface area contributed by atoms with E-state index in [9.17, 15) is 4.79 Å². The Morgan fingerprint density at radius 1 is 1.33 bits per heavy atom. The molecule has 0 spiro atoms. The number of nitrogens with zero attached hydrogens (tertiary/aromatic N) is 3. The molecule has 0 atom stereocenters. The van der Waals surface area contributed by atoms with Crippen LogP contribution in [-0.4, -0.2) is 37.0 Å². The van der Waals surface area contributed by atoms with Gasteiger partial charge in [-0.05, 0) is 18.2 Å². The van der Waals surface area contributed by atoms with Crippen molar-refractivity contribution in [3.8, 4) is 6.07 Å². The summed E-state index contributed by atoms with van der Waals surface area (Å²) in [5.41, 5.74) is 7.69. The molecular weight excluding hydrogens is 228 g/mol. The second-order valence-electron chi connectivity index (χ2n) is 4.38. The molecule has 1 heterocycles. The number of hydrogen-bond donors (Lipinski definition) is 1. The summed E-state index contributed by atoms with van der Waals surface area (Å²) in [7, 11) is 0. The Morgan fingerprint density at radius 2 is 2.00 bits per heavy atom. The molecule has 1 fully saturated rings. The quantitative estimate of drug-likeness (QED) is 0.742. The van der Waals surface area contributed by atoms with Crippen LogP contribution in [0.25, 0.3) is 0 Å². The smallest absolute Gasteiger partial charge is 0.219 e. The molecule has 0 bridgehead atoms. The van der Waals surface area contributed by atoms with Crippen molar-refractivity contribution < 1.29 is 4.79 Å². The number of anilines is 2. The molecule has 1 saturated heterocycles. The van der Waals surface area contributed by atoms with Gasteiger partial charge < -0.3 is 15.5 Å². The van der Waals surface area contributed by atoms with E-state index < -0.39 is 0 Å². The van der Waals surface area contributed by atoms with Gasteiger partial charge >= 0.3 is 0 Å². The number of benzene rings is 1. The first-order valence-electron chi connectivity index (χ1n) is 5.92. The van der Waals surface area contributed by atoms with Crippen LogP contribution in [0, 0.1) is 11.3 Å². The average molecular weight is 244 g/mol. The van der Waals surface area contributed by atoms with Crippen LogP contribution in [0.3, 0.4) is 0 Å². The monoisotopic (exact) mass is 244 g/mol. The van der Waals surface area contributed by atoms with E-state index >= 15 is 0 Å². The summed E-state index contributed by atoms with van der Waals surface area (Å²) in [4.78, 5) is 15.2. The van der Waals surface area contributed by atoms with Gasteiger partial charge in [0.25, 0.3) is 0 Å². The maximum atomic E-state index is 11.2. The average Bonchev–Trinajstić information content (AvgIpc) is 2.39. The van der Waals surface area contributed by atoms with E-state index in [4.69, 9.17) is 11.0 Å². The van der Waals surface area contributed by atoms with Crippen LogP contribution in [0.2, 0.25) is 0 Å². The molecule has 0 aliphatic carbocycles. The molecule has 1 aliphatic rings. The zero-order valence-corrected chi connectivity index (χ0v) is 10.4. The molecule has 2 rings (SSSR count). The molecule has 18 heavy (non-hydrogen) atoms. The summed E-state index contributed by atoms with van der Waals surface area (Å²) < 4.78 is 0. The van der Waals surface area contributed by atoms with Crippen LogP contribution in [0.4, 0.5) is 11.4 Å². The first-order valence-corrected chi connectivity index (χ1v) is 5.92. The van der Waals surface area contributed by atoms with E-state index in [0.29, 0.717) is 11.3 Å². The number of hydrogen-bond acceptors (Lipinski definition) is 4. The van der Waals surface area contributed by atoms with Crippen LogP contribution in [0.1, 0.15) is 12.5 Å². The fourth-order valence-corrected chi connectivity index (χ4v) is 2.12. The van der Waals surface area contributed by atoms with Crippen molar-refractivity contribution in [3.63, 3.8) is 0 Å². The van der Waals surface area contributed by atoms with Gasteiger partial charge in [-0.1, -0.05) is 0 Å². The number of nitrogens with two attached hydrogens (primary N) is 1. The minimum absolute atomic E-state index is 0.115. The molecule has 1 aliphatic heterocycles.